The molecular weight excluding hydrogens is 403 g/mol. The Morgan fingerprint density at radius 3 is 2.81 bits per heavy atom. The maximum Gasteiger partial charge on any atom is 0.265 e. The van der Waals surface area contributed by atoms with Crippen LogP contribution in [0.1, 0.15) is 43.5 Å². The van der Waals surface area contributed by atoms with Crippen LogP contribution in [0.4, 0.5) is 16.0 Å². The molecule has 10 nitrogen and oxygen atoms in total. The molecule has 1 aromatic carbocycles. The highest BCUT2D eigenvalue weighted by atomic mass is 19.1. The fraction of sp³-hybridized carbons (Fsp3) is 0.300. The van der Waals surface area contributed by atoms with Gasteiger partial charge in [0.15, 0.2) is 5.82 Å². The summed E-state index contributed by atoms with van der Waals surface area (Å²) in [4.78, 5) is 30.3. The van der Waals surface area contributed by atoms with Gasteiger partial charge < -0.3 is 15.6 Å². The molecule has 0 spiro atoms. The van der Waals surface area contributed by atoms with Gasteiger partial charge in [-0.05, 0) is 44.9 Å². The lowest BCUT2D eigenvalue weighted by atomic mass is 10.2. The van der Waals surface area contributed by atoms with Crippen LogP contribution in [0.2, 0.25) is 0 Å². The average molecular weight is 422 g/mol. The van der Waals surface area contributed by atoms with Crippen LogP contribution in [0.3, 0.4) is 0 Å². The molecule has 3 N–H and O–H groups in total. The van der Waals surface area contributed by atoms with E-state index in [9.17, 15) is 9.18 Å². The number of nitrogens with zero attached hydrogens (tertiary/aromatic N) is 6. The van der Waals surface area contributed by atoms with Crippen molar-refractivity contribution < 1.29 is 8.91 Å². The normalized spacial score (nSPS) is 14.7. The number of anilines is 2. The van der Waals surface area contributed by atoms with E-state index in [-0.39, 0.29) is 28.7 Å². The summed E-state index contributed by atoms with van der Waals surface area (Å²) >= 11 is 0. The minimum Gasteiger partial charge on any atom is -0.383 e. The number of nitrogens with two attached hydrogens (primary N) is 1. The van der Waals surface area contributed by atoms with Gasteiger partial charge in [0.2, 0.25) is 0 Å². The molecule has 0 radical (unpaired) electrons. The second-order valence-electron chi connectivity index (χ2n) is 7.53. The van der Waals surface area contributed by atoms with E-state index in [2.05, 4.69) is 30.4 Å². The van der Waals surface area contributed by atoms with E-state index in [1.54, 1.807) is 11.5 Å². The van der Waals surface area contributed by atoms with E-state index in [4.69, 9.17) is 10.3 Å². The molecule has 0 unspecified atom stereocenters. The third-order valence-electron chi connectivity index (χ3n) is 5.16. The summed E-state index contributed by atoms with van der Waals surface area (Å²) in [6, 6.07) is 3.64. The summed E-state index contributed by atoms with van der Waals surface area (Å²) in [5, 5.41) is 7.30. The summed E-state index contributed by atoms with van der Waals surface area (Å²) in [6.07, 6.45) is 3.06. The van der Waals surface area contributed by atoms with Gasteiger partial charge in [-0.25, -0.2) is 19.3 Å². The smallest absolute Gasteiger partial charge is 0.265 e. The summed E-state index contributed by atoms with van der Waals surface area (Å²) < 4.78 is 20.6. The van der Waals surface area contributed by atoms with E-state index in [1.165, 1.54) is 24.5 Å². The van der Waals surface area contributed by atoms with Gasteiger partial charge >= 0.3 is 0 Å². The van der Waals surface area contributed by atoms with Crippen molar-refractivity contribution in [2.45, 2.75) is 38.8 Å². The number of halogens is 1. The summed E-state index contributed by atoms with van der Waals surface area (Å²) in [5.41, 5.74) is 6.60. The van der Waals surface area contributed by atoms with Gasteiger partial charge in [0.25, 0.3) is 11.4 Å². The molecule has 1 fully saturated rings. The first kappa shape index (κ1) is 19.1. The van der Waals surface area contributed by atoms with Crippen LogP contribution in [0.15, 0.2) is 33.8 Å². The molecule has 0 saturated heterocycles. The highest BCUT2D eigenvalue weighted by molar-refractivity contribution is 5.79. The van der Waals surface area contributed by atoms with Crippen molar-refractivity contribution in [1.29, 1.82) is 0 Å². The molecule has 0 amide bonds. The first-order valence-electron chi connectivity index (χ1n) is 9.81. The van der Waals surface area contributed by atoms with Crippen molar-refractivity contribution in [1.82, 2.24) is 29.7 Å². The van der Waals surface area contributed by atoms with Crippen LogP contribution in [0.5, 0.6) is 0 Å². The zero-order valence-corrected chi connectivity index (χ0v) is 16.8. The highest BCUT2D eigenvalue weighted by Crippen LogP contribution is 2.37. The molecular formula is C20H19FN8O2. The number of nitrogen functional groups attached to an aromatic ring is 1. The van der Waals surface area contributed by atoms with Gasteiger partial charge in [-0.2, -0.15) is 4.98 Å². The molecule has 5 rings (SSSR count). The maximum atomic E-state index is 13.7. The zero-order chi connectivity index (χ0) is 21.7. The largest absolute Gasteiger partial charge is 0.383 e. The first-order valence-corrected chi connectivity index (χ1v) is 9.81. The number of nitrogens with one attached hydrogen (secondary N) is 1. The number of aryl methyl sites for hydroxylation is 1. The van der Waals surface area contributed by atoms with Gasteiger partial charge in [-0.1, -0.05) is 5.16 Å². The predicted molar refractivity (Wildman–Crippen MR) is 111 cm³/mol. The van der Waals surface area contributed by atoms with Crippen molar-refractivity contribution in [3.8, 4) is 11.5 Å². The van der Waals surface area contributed by atoms with E-state index < -0.39 is 11.9 Å². The molecule has 1 atom stereocenters. The molecule has 3 heterocycles. The monoisotopic (exact) mass is 422 g/mol. The molecule has 11 heteroatoms. The molecule has 4 aromatic rings. The Kier molecular flexibility index (Phi) is 4.38. The summed E-state index contributed by atoms with van der Waals surface area (Å²) in [5.74, 6) is 1.24. The van der Waals surface area contributed by atoms with E-state index >= 15 is 0 Å². The Labute approximate surface area is 175 Å². The number of aromatic nitrogens is 6. The fourth-order valence-electron chi connectivity index (χ4n) is 3.57. The fourth-order valence-corrected chi connectivity index (χ4v) is 3.57. The second kappa shape index (κ2) is 7.11. The van der Waals surface area contributed by atoms with Crippen molar-refractivity contribution in [2.24, 2.45) is 0 Å². The van der Waals surface area contributed by atoms with Crippen LogP contribution in [-0.4, -0.2) is 29.7 Å². The number of rotatable bonds is 5. The molecule has 31 heavy (non-hydrogen) atoms. The third-order valence-corrected chi connectivity index (χ3v) is 5.16. The molecule has 3 aromatic heterocycles. The molecule has 158 valence electrons. The number of benzene rings is 1. The first-order chi connectivity index (χ1) is 14.9. The van der Waals surface area contributed by atoms with Gasteiger partial charge in [0.1, 0.15) is 35.2 Å². The van der Waals surface area contributed by atoms with Gasteiger partial charge in [-0.3, -0.25) is 9.36 Å². The lowest BCUT2D eigenvalue weighted by molar-refractivity contribution is 0.425. The Morgan fingerprint density at radius 2 is 2.10 bits per heavy atom. The average Bonchev–Trinajstić information content (AvgIpc) is 3.48. The van der Waals surface area contributed by atoms with Crippen molar-refractivity contribution in [2.75, 3.05) is 11.1 Å². The third kappa shape index (κ3) is 3.37. The molecule has 1 saturated carbocycles. The lowest BCUT2D eigenvalue weighted by Gasteiger charge is -2.20. The minimum absolute atomic E-state index is 0.0421. The predicted octanol–water partition coefficient (Wildman–Crippen LogP) is 2.77. The SMILES string of the molecule is Cc1noc(-c2c(N)ncnc2N[C@@H](C)c2nc3ccc(F)cc3c(=O)n2C2CC2)n1. The van der Waals surface area contributed by atoms with Gasteiger partial charge in [-0.15, -0.1) is 0 Å². The van der Waals surface area contributed by atoms with Crippen LogP contribution in [0.25, 0.3) is 22.4 Å². The van der Waals surface area contributed by atoms with E-state index in [0.29, 0.717) is 28.5 Å². The Bertz CT molecular complexity index is 1360. The van der Waals surface area contributed by atoms with Gasteiger partial charge in [0, 0.05) is 6.04 Å². The number of hydrogen-bond donors (Lipinski definition) is 2. The Hall–Kier alpha value is -3.89. The van der Waals surface area contributed by atoms with Crippen molar-refractivity contribution in [3.05, 3.63) is 52.3 Å². The highest BCUT2D eigenvalue weighted by Gasteiger charge is 2.31. The lowest BCUT2D eigenvalue weighted by Crippen LogP contribution is -2.28. The second-order valence-corrected chi connectivity index (χ2v) is 7.53. The number of hydrogen-bond acceptors (Lipinski definition) is 9. The standard InChI is InChI=1S/C20H19FN8O2/c1-9(25-17-15(16(22)23-8-24-17)19-26-10(2)28-31-19)18-27-14-6-3-11(21)7-13(14)20(30)29(18)12-4-5-12/h3,6-9,12H,4-5H2,1-2H3,(H3,22,23,24,25)/t9-/m0/s1. The topological polar surface area (TPSA) is 138 Å². The quantitative estimate of drug-likeness (QED) is 0.497. The molecule has 0 aliphatic heterocycles. The molecule has 1 aliphatic carbocycles. The van der Waals surface area contributed by atoms with E-state index in [0.717, 1.165) is 12.8 Å². The zero-order valence-electron chi connectivity index (χ0n) is 16.8. The maximum absolute atomic E-state index is 13.7. The summed E-state index contributed by atoms with van der Waals surface area (Å²) in [6.45, 7) is 3.55. The van der Waals surface area contributed by atoms with Crippen LogP contribution in [-0.2, 0) is 0 Å². The Balaban J connectivity index is 1.60. The van der Waals surface area contributed by atoms with Crippen LogP contribution < -0.4 is 16.6 Å². The molecule has 0 bridgehead atoms. The van der Waals surface area contributed by atoms with Gasteiger partial charge in [0.05, 0.1) is 16.9 Å². The minimum atomic E-state index is -0.469. The summed E-state index contributed by atoms with van der Waals surface area (Å²) in [7, 11) is 0. The van der Waals surface area contributed by atoms with Crippen LogP contribution in [0, 0.1) is 12.7 Å². The van der Waals surface area contributed by atoms with Crippen molar-refractivity contribution in [3.63, 3.8) is 0 Å². The van der Waals surface area contributed by atoms with Crippen LogP contribution >= 0.6 is 0 Å². The molecule has 1 aliphatic rings. The van der Waals surface area contributed by atoms with E-state index in [1.807, 2.05) is 6.92 Å². The van der Waals surface area contributed by atoms with Crippen molar-refractivity contribution >= 4 is 22.5 Å². The Morgan fingerprint density at radius 1 is 1.29 bits per heavy atom. The number of fused-ring (bicyclic) bond motifs is 1.